The predicted molar refractivity (Wildman–Crippen MR) is 92.7 cm³/mol. The third-order valence-electron chi connectivity index (χ3n) is 4.67. The van der Waals surface area contributed by atoms with Gasteiger partial charge in [-0.1, -0.05) is 44.2 Å². The molecule has 0 N–H and O–H groups in total. The molecule has 4 nitrogen and oxygen atoms in total. The standard InChI is InChI=1S/C19H25F2N3O/c1-19(2)14-24(10-11-25-13-16(20)21)17(19)18-22-8-9-23(18)12-15-6-4-3-5-7-15/h3-9,16-17H,10-14H2,1-2H3. The fourth-order valence-corrected chi connectivity index (χ4v) is 3.64. The van der Waals surface area contributed by atoms with Gasteiger partial charge < -0.3 is 9.30 Å². The van der Waals surface area contributed by atoms with Gasteiger partial charge in [0.25, 0.3) is 6.43 Å². The lowest BCUT2D eigenvalue weighted by molar-refractivity contribution is -0.0779. The van der Waals surface area contributed by atoms with Crippen molar-refractivity contribution in [1.82, 2.24) is 14.5 Å². The van der Waals surface area contributed by atoms with Crippen LogP contribution in [0.3, 0.4) is 0 Å². The first-order valence-corrected chi connectivity index (χ1v) is 8.62. The largest absolute Gasteiger partial charge is 0.374 e. The van der Waals surface area contributed by atoms with Crippen molar-refractivity contribution in [3.05, 3.63) is 54.1 Å². The SMILES string of the molecule is CC1(C)CN(CCOCC(F)F)C1c1nccn1Cc1ccccc1. The van der Waals surface area contributed by atoms with Gasteiger partial charge in [0.1, 0.15) is 12.4 Å². The molecule has 136 valence electrons. The minimum absolute atomic E-state index is 0.0997. The zero-order chi connectivity index (χ0) is 17.9. The van der Waals surface area contributed by atoms with Gasteiger partial charge in [0.15, 0.2) is 0 Å². The van der Waals surface area contributed by atoms with E-state index in [-0.39, 0.29) is 11.5 Å². The second-order valence-corrected chi connectivity index (χ2v) is 7.23. The van der Waals surface area contributed by atoms with Crippen LogP contribution >= 0.6 is 0 Å². The number of alkyl halides is 2. The van der Waals surface area contributed by atoms with E-state index in [0.717, 1.165) is 18.9 Å². The molecule has 1 aliphatic rings. The summed E-state index contributed by atoms with van der Waals surface area (Å²) in [6, 6.07) is 10.4. The number of aromatic nitrogens is 2. The van der Waals surface area contributed by atoms with E-state index < -0.39 is 13.0 Å². The van der Waals surface area contributed by atoms with Crippen LogP contribution in [0.25, 0.3) is 0 Å². The maximum atomic E-state index is 12.2. The van der Waals surface area contributed by atoms with E-state index in [4.69, 9.17) is 4.74 Å². The number of likely N-dealkylation sites (tertiary alicyclic amines) is 1. The van der Waals surface area contributed by atoms with Crippen LogP contribution in [-0.4, -0.2) is 47.2 Å². The van der Waals surface area contributed by atoms with Crippen molar-refractivity contribution in [2.45, 2.75) is 32.9 Å². The zero-order valence-corrected chi connectivity index (χ0v) is 14.7. The minimum atomic E-state index is -2.41. The van der Waals surface area contributed by atoms with Crippen LogP contribution in [0.5, 0.6) is 0 Å². The van der Waals surface area contributed by atoms with Crippen LogP contribution in [0.1, 0.15) is 31.3 Å². The molecule has 1 aliphatic heterocycles. The number of imidazole rings is 1. The molecule has 3 rings (SSSR count). The Morgan fingerprint density at radius 1 is 1.28 bits per heavy atom. The first kappa shape index (κ1) is 18.0. The van der Waals surface area contributed by atoms with E-state index in [1.165, 1.54) is 5.56 Å². The lowest BCUT2D eigenvalue weighted by atomic mass is 9.74. The molecule has 1 aromatic heterocycles. The second-order valence-electron chi connectivity index (χ2n) is 7.23. The highest BCUT2D eigenvalue weighted by Gasteiger charge is 2.48. The van der Waals surface area contributed by atoms with Crippen LogP contribution in [0.4, 0.5) is 8.78 Å². The van der Waals surface area contributed by atoms with Gasteiger partial charge in [-0.2, -0.15) is 0 Å². The molecule has 0 saturated carbocycles. The summed E-state index contributed by atoms with van der Waals surface area (Å²) in [5.41, 5.74) is 1.33. The van der Waals surface area contributed by atoms with Crippen LogP contribution in [-0.2, 0) is 11.3 Å². The number of halogens is 2. The van der Waals surface area contributed by atoms with Crippen molar-refractivity contribution in [3.8, 4) is 0 Å². The highest BCUT2D eigenvalue weighted by atomic mass is 19.3. The summed E-state index contributed by atoms with van der Waals surface area (Å²) >= 11 is 0. The average Bonchev–Trinajstić information content (AvgIpc) is 2.98. The van der Waals surface area contributed by atoms with Crippen molar-refractivity contribution in [1.29, 1.82) is 0 Å². The van der Waals surface area contributed by atoms with Gasteiger partial charge >= 0.3 is 0 Å². The van der Waals surface area contributed by atoms with Gasteiger partial charge in [0, 0.05) is 37.4 Å². The summed E-state index contributed by atoms with van der Waals surface area (Å²) < 4.78 is 31.6. The first-order chi connectivity index (χ1) is 12.0. The molecule has 2 heterocycles. The molecular weight excluding hydrogens is 324 g/mol. The van der Waals surface area contributed by atoms with Gasteiger partial charge in [-0.05, 0) is 5.56 Å². The number of hydrogen-bond donors (Lipinski definition) is 0. The lowest BCUT2D eigenvalue weighted by Crippen LogP contribution is -2.57. The van der Waals surface area contributed by atoms with Gasteiger partial charge in [-0.15, -0.1) is 0 Å². The Kier molecular flexibility index (Phi) is 5.49. The Bertz CT molecular complexity index is 672. The van der Waals surface area contributed by atoms with E-state index in [9.17, 15) is 8.78 Å². The molecule has 0 amide bonds. The van der Waals surface area contributed by atoms with E-state index >= 15 is 0 Å². The van der Waals surface area contributed by atoms with Gasteiger partial charge in [-0.3, -0.25) is 4.90 Å². The fraction of sp³-hybridized carbons (Fsp3) is 0.526. The second kappa shape index (κ2) is 7.62. The van der Waals surface area contributed by atoms with Crippen LogP contribution < -0.4 is 0 Å². The smallest absolute Gasteiger partial charge is 0.261 e. The number of hydrogen-bond acceptors (Lipinski definition) is 3. The number of ether oxygens (including phenoxy) is 1. The Labute approximate surface area is 147 Å². The molecule has 0 bridgehead atoms. The Hall–Kier alpha value is -1.79. The molecule has 1 atom stereocenters. The fourth-order valence-electron chi connectivity index (χ4n) is 3.64. The van der Waals surface area contributed by atoms with Crippen LogP contribution in [0.2, 0.25) is 0 Å². The molecule has 0 radical (unpaired) electrons. The van der Waals surface area contributed by atoms with Crippen LogP contribution in [0, 0.1) is 5.41 Å². The molecule has 1 saturated heterocycles. The number of rotatable bonds is 8. The van der Waals surface area contributed by atoms with E-state index in [1.54, 1.807) is 0 Å². The topological polar surface area (TPSA) is 30.3 Å². The average molecular weight is 349 g/mol. The Morgan fingerprint density at radius 3 is 2.72 bits per heavy atom. The van der Waals surface area contributed by atoms with E-state index in [1.807, 2.05) is 30.6 Å². The number of benzene rings is 1. The summed E-state index contributed by atoms with van der Waals surface area (Å²) in [4.78, 5) is 6.86. The summed E-state index contributed by atoms with van der Waals surface area (Å²) in [6.07, 6.45) is 1.42. The van der Waals surface area contributed by atoms with Crippen molar-refractivity contribution >= 4 is 0 Å². The van der Waals surface area contributed by atoms with Crippen molar-refractivity contribution in [3.63, 3.8) is 0 Å². The summed E-state index contributed by atoms with van der Waals surface area (Å²) in [5, 5.41) is 0. The molecule has 1 unspecified atom stereocenters. The highest BCUT2D eigenvalue weighted by molar-refractivity contribution is 5.18. The van der Waals surface area contributed by atoms with Crippen LogP contribution in [0.15, 0.2) is 42.7 Å². The Balaban J connectivity index is 1.67. The normalized spacial score (nSPS) is 20.0. The van der Waals surface area contributed by atoms with E-state index in [0.29, 0.717) is 13.2 Å². The molecule has 2 aromatic rings. The quantitative estimate of drug-likeness (QED) is 0.682. The predicted octanol–water partition coefficient (Wildman–Crippen LogP) is 3.60. The van der Waals surface area contributed by atoms with Crippen molar-refractivity contribution in [2.75, 3.05) is 26.3 Å². The zero-order valence-electron chi connectivity index (χ0n) is 14.7. The van der Waals surface area contributed by atoms with Gasteiger partial charge in [0.05, 0.1) is 12.6 Å². The first-order valence-electron chi connectivity index (χ1n) is 8.62. The molecule has 6 heteroatoms. The molecule has 1 aromatic carbocycles. The molecule has 0 aliphatic carbocycles. The number of nitrogens with zero attached hydrogens (tertiary/aromatic N) is 3. The molecular formula is C19H25F2N3O. The minimum Gasteiger partial charge on any atom is -0.374 e. The molecule has 25 heavy (non-hydrogen) atoms. The summed E-state index contributed by atoms with van der Waals surface area (Å²) in [6.45, 7) is 6.58. The highest BCUT2D eigenvalue weighted by Crippen LogP contribution is 2.47. The maximum absolute atomic E-state index is 12.2. The monoisotopic (exact) mass is 349 g/mol. The Morgan fingerprint density at radius 2 is 2.04 bits per heavy atom. The van der Waals surface area contributed by atoms with Crippen molar-refractivity contribution < 1.29 is 13.5 Å². The molecule has 0 spiro atoms. The maximum Gasteiger partial charge on any atom is 0.261 e. The molecule has 1 fully saturated rings. The summed E-state index contributed by atoms with van der Waals surface area (Å²) in [7, 11) is 0. The van der Waals surface area contributed by atoms with Gasteiger partial charge in [0.2, 0.25) is 0 Å². The lowest BCUT2D eigenvalue weighted by Gasteiger charge is -2.53. The van der Waals surface area contributed by atoms with E-state index in [2.05, 4.69) is 40.4 Å². The third-order valence-corrected chi connectivity index (χ3v) is 4.67. The summed E-state index contributed by atoms with van der Waals surface area (Å²) in [5.74, 6) is 1.02. The van der Waals surface area contributed by atoms with Crippen molar-refractivity contribution in [2.24, 2.45) is 5.41 Å². The third kappa shape index (κ3) is 4.25. The van der Waals surface area contributed by atoms with Gasteiger partial charge in [-0.25, -0.2) is 13.8 Å².